The zero-order chi connectivity index (χ0) is 15.8. The van der Waals surface area contributed by atoms with E-state index in [0.29, 0.717) is 0 Å². The molecule has 0 N–H and O–H groups in total. The number of hydrogen-bond donors (Lipinski definition) is 1. The van der Waals surface area contributed by atoms with E-state index < -0.39 is 0 Å². The molecular formula is C18H36N2S. The van der Waals surface area contributed by atoms with Crippen LogP contribution in [0.2, 0.25) is 0 Å². The van der Waals surface area contributed by atoms with Crippen molar-refractivity contribution in [2.75, 3.05) is 19.6 Å². The van der Waals surface area contributed by atoms with Crippen molar-refractivity contribution >= 4 is 12.6 Å². The summed E-state index contributed by atoms with van der Waals surface area (Å²) in [5.74, 6) is 0.952. The normalized spacial score (nSPS) is 18.1. The van der Waals surface area contributed by atoms with Crippen molar-refractivity contribution in [3.8, 4) is 5.40 Å². The van der Waals surface area contributed by atoms with Crippen LogP contribution < -0.4 is 0 Å². The van der Waals surface area contributed by atoms with Gasteiger partial charge in [0.1, 0.15) is 5.40 Å². The third-order valence-electron chi connectivity index (χ3n) is 4.34. The van der Waals surface area contributed by atoms with Crippen LogP contribution in [0.15, 0.2) is 0 Å². The van der Waals surface area contributed by atoms with E-state index in [2.05, 4.69) is 31.4 Å². The Labute approximate surface area is 138 Å². The van der Waals surface area contributed by atoms with Crippen LogP contribution in [-0.2, 0) is 0 Å². The van der Waals surface area contributed by atoms with Gasteiger partial charge in [-0.15, -0.1) is 0 Å². The van der Waals surface area contributed by atoms with Crippen LogP contribution in [0.5, 0.6) is 0 Å². The van der Waals surface area contributed by atoms with Crippen LogP contribution in [0, 0.1) is 16.6 Å². The van der Waals surface area contributed by atoms with Crippen LogP contribution >= 0.6 is 12.6 Å². The Kier molecular flexibility index (Phi) is 16.0. The molecule has 0 aromatic rings. The van der Waals surface area contributed by atoms with Gasteiger partial charge >= 0.3 is 0 Å². The van der Waals surface area contributed by atoms with E-state index >= 15 is 0 Å². The highest BCUT2D eigenvalue weighted by Crippen LogP contribution is 2.16. The number of thiocyanates is 1. The molecule has 1 heterocycles. The Hall–Kier alpha value is -0.200. The van der Waals surface area contributed by atoms with Gasteiger partial charge in [0, 0.05) is 6.54 Å². The second-order valence-corrected chi connectivity index (χ2v) is 6.68. The first kappa shape index (κ1) is 20.8. The van der Waals surface area contributed by atoms with Crippen LogP contribution in [0.1, 0.15) is 84.5 Å². The maximum absolute atomic E-state index is 7.18. The van der Waals surface area contributed by atoms with Crippen molar-refractivity contribution < 1.29 is 0 Å². The summed E-state index contributed by atoms with van der Waals surface area (Å²) in [6.45, 7) is 8.76. The summed E-state index contributed by atoms with van der Waals surface area (Å²) in [6.07, 6.45) is 16.0. The van der Waals surface area contributed by atoms with E-state index in [9.17, 15) is 0 Å². The van der Waals surface area contributed by atoms with Gasteiger partial charge in [0.2, 0.25) is 0 Å². The zero-order valence-electron chi connectivity index (χ0n) is 14.3. The third kappa shape index (κ3) is 14.5. The number of unbranched alkanes of at least 4 members (excludes halogenated alkanes) is 9. The molecule has 1 aliphatic heterocycles. The Morgan fingerprint density at radius 3 is 1.90 bits per heavy atom. The highest BCUT2D eigenvalue weighted by molar-refractivity contribution is 7.85. The lowest BCUT2D eigenvalue weighted by Gasteiger charge is -2.14. The van der Waals surface area contributed by atoms with Crippen molar-refractivity contribution in [1.82, 2.24) is 4.90 Å². The molecule has 1 fully saturated rings. The summed E-state index contributed by atoms with van der Waals surface area (Å²) >= 11 is 3.09. The number of rotatable bonds is 11. The zero-order valence-corrected chi connectivity index (χ0v) is 15.2. The van der Waals surface area contributed by atoms with Crippen molar-refractivity contribution in [1.29, 1.82) is 5.26 Å². The molecule has 0 saturated carbocycles. The Morgan fingerprint density at radius 2 is 1.48 bits per heavy atom. The predicted molar refractivity (Wildman–Crippen MR) is 96.7 cm³/mol. The summed E-state index contributed by atoms with van der Waals surface area (Å²) in [4.78, 5) is 2.66. The fourth-order valence-electron chi connectivity index (χ4n) is 3.05. The molecule has 0 aromatic heterocycles. The topological polar surface area (TPSA) is 27.0 Å². The minimum atomic E-state index is 0.952. The van der Waals surface area contributed by atoms with Gasteiger partial charge in [-0.2, -0.15) is 5.26 Å². The standard InChI is InChI=1S/C17H35N.CHNS/c1-3-4-5-6-7-8-9-10-11-12-14-18-15-13-17(2)16-18;2-1-3/h17H,3-16H2,1-2H3;3H. The molecule has 2 nitrogen and oxygen atoms in total. The Balaban J connectivity index is 0.00000122. The van der Waals surface area contributed by atoms with Gasteiger partial charge in [0.15, 0.2) is 0 Å². The van der Waals surface area contributed by atoms with Crippen LogP contribution in [0.4, 0.5) is 0 Å². The Bertz CT molecular complexity index is 250. The van der Waals surface area contributed by atoms with Gasteiger partial charge in [0.25, 0.3) is 0 Å². The molecule has 0 radical (unpaired) electrons. The van der Waals surface area contributed by atoms with Crippen molar-refractivity contribution in [2.45, 2.75) is 84.5 Å². The van der Waals surface area contributed by atoms with Crippen molar-refractivity contribution in [3.05, 3.63) is 0 Å². The maximum atomic E-state index is 7.18. The number of nitrogens with zero attached hydrogens (tertiary/aromatic N) is 2. The molecule has 0 spiro atoms. The average molecular weight is 313 g/mol. The minimum Gasteiger partial charge on any atom is -0.303 e. The van der Waals surface area contributed by atoms with Crippen LogP contribution in [0.3, 0.4) is 0 Å². The van der Waals surface area contributed by atoms with E-state index in [0.717, 1.165) is 5.92 Å². The first-order chi connectivity index (χ1) is 10.2. The van der Waals surface area contributed by atoms with Gasteiger partial charge in [-0.05, 0) is 31.8 Å². The molecule has 21 heavy (non-hydrogen) atoms. The number of thiol groups is 1. The maximum Gasteiger partial charge on any atom is 0.130 e. The van der Waals surface area contributed by atoms with E-state index in [1.165, 1.54) is 95.7 Å². The highest BCUT2D eigenvalue weighted by atomic mass is 32.1. The van der Waals surface area contributed by atoms with Crippen LogP contribution in [0.25, 0.3) is 0 Å². The first-order valence-electron chi connectivity index (χ1n) is 9.00. The molecule has 1 rings (SSSR count). The molecule has 3 heteroatoms. The van der Waals surface area contributed by atoms with Gasteiger partial charge in [-0.1, -0.05) is 84.3 Å². The number of likely N-dealkylation sites (tertiary alicyclic amines) is 1. The van der Waals surface area contributed by atoms with Gasteiger partial charge < -0.3 is 4.90 Å². The summed E-state index contributed by atoms with van der Waals surface area (Å²) in [7, 11) is 0. The monoisotopic (exact) mass is 312 g/mol. The molecule has 0 bridgehead atoms. The molecule has 124 valence electrons. The SMILES string of the molecule is CCCCCCCCCCCCN1CCC(C)C1.N#CS. The van der Waals surface area contributed by atoms with Gasteiger partial charge in [-0.3, -0.25) is 0 Å². The van der Waals surface area contributed by atoms with E-state index in [1.54, 1.807) is 0 Å². The summed E-state index contributed by atoms with van der Waals surface area (Å²) in [5.41, 5.74) is 0. The van der Waals surface area contributed by atoms with Gasteiger partial charge in [-0.25, -0.2) is 0 Å². The van der Waals surface area contributed by atoms with E-state index in [-0.39, 0.29) is 0 Å². The lowest BCUT2D eigenvalue weighted by molar-refractivity contribution is 0.317. The molecular weight excluding hydrogens is 276 g/mol. The van der Waals surface area contributed by atoms with Crippen molar-refractivity contribution in [3.63, 3.8) is 0 Å². The number of hydrogen-bond acceptors (Lipinski definition) is 3. The lowest BCUT2D eigenvalue weighted by atomic mass is 10.1. The molecule has 0 aliphatic carbocycles. The average Bonchev–Trinajstić information content (AvgIpc) is 2.87. The second kappa shape index (κ2) is 16.2. The summed E-state index contributed by atoms with van der Waals surface area (Å²) < 4.78 is 0. The molecule has 1 aliphatic rings. The minimum absolute atomic E-state index is 0.952. The number of nitriles is 1. The largest absolute Gasteiger partial charge is 0.303 e. The molecule has 1 saturated heterocycles. The lowest BCUT2D eigenvalue weighted by Crippen LogP contribution is -2.21. The molecule has 0 amide bonds. The van der Waals surface area contributed by atoms with E-state index in [1.807, 2.05) is 0 Å². The van der Waals surface area contributed by atoms with Gasteiger partial charge in [0.05, 0.1) is 0 Å². The summed E-state index contributed by atoms with van der Waals surface area (Å²) in [5, 5.41) is 8.63. The second-order valence-electron chi connectivity index (χ2n) is 6.48. The molecule has 1 unspecified atom stereocenters. The predicted octanol–water partition coefficient (Wildman–Crippen LogP) is 5.65. The highest BCUT2D eigenvalue weighted by Gasteiger charge is 2.17. The third-order valence-corrected chi connectivity index (χ3v) is 4.34. The Morgan fingerprint density at radius 1 is 1.00 bits per heavy atom. The smallest absolute Gasteiger partial charge is 0.130 e. The fraction of sp³-hybridized carbons (Fsp3) is 0.944. The molecule has 1 atom stereocenters. The summed E-state index contributed by atoms with van der Waals surface area (Å²) in [6, 6.07) is 0. The fourth-order valence-corrected chi connectivity index (χ4v) is 3.05. The first-order valence-corrected chi connectivity index (χ1v) is 9.44. The van der Waals surface area contributed by atoms with Crippen molar-refractivity contribution in [2.24, 2.45) is 5.92 Å². The molecule has 0 aromatic carbocycles. The quantitative estimate of drug-likeness (QED) is 0.303. The van der Waals surface area contributed by atoms with E-state index in [4.69, 9.17) is 5.26 Å². The van der Waals surface area contributed by atoms with Crippen LogP contribution in [-0.4, -0.2) is 24.5 Å².